The molecule has 42 heavy (non-hydrogen) atoms. The highest BCUT2D eigenvalue weighted by atomic mass is 79.9. The number of rotatable bonds is 11. The van der Waals surface area contributed by atoms with Gasteiger partial charge in [-0.3, -0.25) is 0 Å². The van der Waals surface area contributed by atoms with Gasteiger partial charge in [-0.05, 0) is 64.9 Å². The van der Waals surface area contributed by atoms with E-state index in [-0.39, 0.29) is 13.2 Å². The Morgan fingerprint density at radius 3 is 2.57 bits per heavy atom. The van der Waals surface area contributed by atoms with Gasteiger partial charge in [0.05, 0.1) is 16.7 Å². The van der Waals surface area contributed by atoms with Crippen LogP contribution in [0.2, 0.25) is 5.02 Å². The van der Waals surface area contributed by atoms with Gasteiger partial charge in [0.1, 0.15) is 19.3 Å². The van der Waals surface area contributed by atoms with E-state index in [1.165, 1.54) is 11.8 Å². The van der Waals surface area contributed by atoms with Crippen LogP contribution in [0.15, 0.2) is 87.6 Å². The number of ether oxygens (including phenoxy) is 3. The van der Waals surface area contributed by atoms with Crippen molar-refractivity contribution in [2.45, 2.75) is 45.2 Å². The second-order valence-corrected chi connectivity index (χ2v) is 11.9. The molecule has 2 heterocycles. The van der Waals surface area contributed by atoms with E-state index in [1.54, 1.807) is 4.68 Å². The highest BCUT2D eigenvalue weighted by Gasteiger charge is 2.36. The van der Waals surface area contributed by atoms with Gasteiger partial charge in [-0.2, -0.15) is 4.98 Å². The predicted octanol–water partition coefficient (Wildman–Crippen LogP) is 7.82. The smallest absolute Gasteiger partial charge is 0.338 e. The number of nitrogens with one attached hydrogen (secondary N) is 1. The number of thioether (sulfide) groups is 1. The van der Waals surface area contributed by atoms with Crippen molar-refractivity contribution in [1.82, 2.24) is 14.8 Å². The third kappa shape index (κ3) is 6.61. The molecule has 0 aliphatic carbocycles. The number of hydrogen-bond acceptors (Lipinski definition) is 8. The molecule has 0 saturated carbocycles. The maximum Gasteiger partial charge on any atom is 0.338 e. The summed E-state index contributed by atoms with van der Waals surface area (Å²) in [5.74, 6) is 1.95. The topological polar surface area (TPSA) is 87.5 Å². The Hall–Kier alpha value is -3.47. The molecule has 5 rings (SSSR count). The zero-order chi connectivity index (χ0) is 29.6. The first kappa shape index (κ1) is 30.0. The van der Waals surface area contributed by atoms with Crippen LogP contribution in [0.25, 0.3) is 0 Å². The van der Waals surface area contributed by atoms with Crippen molar-refractivity contribution in [2.24, 2.45) is 0 Å². The average Bonchev–Trinajstić information content (AvgIpc) is 3.38. The van der Waals surface area contributed by atoms with E-state index in [0.29, 0.717) is 50.0 Å². The van der Waals surface area contributed by atoms with Crippen LogP contribution in [0.3, 0.4) is 0 Å². The SMILES string of the molecule is CCOc1cc(C2C(C(=O)OCc3ccccc3)=C(C)Nc3nc(SCC)nn32)cc(Br)c1OCc1ccccc1Cl. The molecule has 1 N–H and O–H groups in total. The molecular weight excluding hydrogens is 640 g/mol. The van der Waals surface area contributed by atoms with Crippen molar-refractivity contribution in [3.05, 3.63) is 104 Å². The molecule has 4 aromatic rings. The summed E-state index contributed by atoms with van der Waals surface area (Å²) in [7, 11) is 0. The van der Waals surface area contributed by atoms with Gasteiger partial charge in [0.25, 0.3) is 0 Å². The molecule has 0 spiro atoms. The molecule has 0 fully saturated rings. The van der Waals surface area contributed by atoms with Gasteiger partial charge < -0.3 is 19.5 Å². The number of nitrogens with zero attached hydrogens (tertiary/aromatic N) is 3. The van der Waals surface area contributed by atoms with Crippen molar-refractivity contribution < 1.29 is 19.0 Å². The maximum atomic E-state index is 13.7. The maximum absolute atomic E-state index is 13.7. The number of aromatic nitrogens is 3. The molecule has 1 aliphatic heterocycles. The molecule has 218 valence electrons. The quantitative estimate of drug-likeness (QED) is 0.128. The van der Waals surface area contributed by atoms with E-state index >= 15 is 0 Å². The average molecular weight is 670 g/mol. The fraction of sp³-hybridized carbons (Fsp3) is 0.258. The van der Waals surface area contributed by atoms with Gasteiger partial charge in [0.2, 0.25) is 11.1 Å². The highest BCUT2D eigenvalue weighted by Crippen LogP contribution is 2.44. The van der Waals surface area contributed by atoms with E-state index in [2.05, 4.69) is 26.2 Å². The Labute approximate surface area is 262 Å². The molecule has 0 amide bonds. The zero-order valence-electron chi connectivity index (χ0n) is 23.4. The van der Waals surface area contributed by atoms with E-state index in [0.717, 1.165) is 22.4 Å². The highest BCUT2D eigenvalue weighted by molar-refractivity contribution is 9.10. The number of benzene rings is 3. The second-order valence-electron chi connectivity index (χ2n) is 9.37. The van der Waals surface area contributed by atoms with Crippen LogP contribution in [0.5, 0.6) is 11.5 Å². The Balaban J connectivity index is 1.54. The minimum Gasteiger partial charge on any atom is -0.490 e. The second kappa shape index (κ2) is 13.7. The molecule has 1 unspecified atom stereocenters. The van der Waals surface area contributed by atoms with Gasteiger partial charge >= 0.3 is 5.97 Å². The van der Waals surface area contributed by atoms with Crippen molar-refractivity contribution in [3.63, 3.8) is 0 Å². The van der Waals surface area contributed by atoms with Gasteiger partial charge in [0, 0.05) is 16.3 Å². The minimum atomic E-state index is -0.628. The Morgan fingerprint density at radius 2 is 1.83 bits per heavy atom. The van der Waals surface area contributed by atoms with Crippen LogP contribution in [-0.2, 0) is 22.7 Å². The predicted molar refractivity (Wildman–Crippen MR) is 168 cm³/mol. The summed E-state index contributed by atoms with van der Waals surface area (Å²) in [6.45, 7) is 6.61. The van der Waals surface area contributed by atoms with Crippen molar-refractivity contribution in [3.8, 4) is 11.5 Å². The van der Waals surface area contributed by atoms with E-state index in [1.807, 2.05) is 87.5 Å². The van der Waals surface area contributed by atoms with E-state index < -0.39 is 12.0 Å². The molecule has 11 heteroatoms. The standard InChI is InChI=1S/C31H30BrClN4O4S/c1-4-39-25-16-22(15-23(32)28(25)40-18-21-13-9-10-14-24(21)33)27-26(29(38)41-17-20-11-7-6-8-12-20)19(3)34-30-35-31(42-5-2)36-37(27)30/h6-16,27H,4-5,17-18H2,1-3H3,(H,34,35,36). The molecule has 0 bridgehead atoms. The molecular formula is C31H30BrClN4O4S. The summed E-state index contributed by atoms with van der Waals surface area (Å²) in [6.07, 6.45) is 0. The molecule has 1 aromatic heterocycles. The lowest BCUT2D eigenvalue weighted by Gasteiger charge is -2.29. The summed E-state index contributed by atoms with van der Waals surface area (Å²) in [4.78, 5) is 18.4. The fourth-order valence-corrected chi connectivity index (χ4v) is 5.93. The summed E-state index contributed by atoms with van der Waals surface area (Å²) in [5, 5.41) is 9.24. The first-order valence-electron chi connectivity index (χ1n) is 13.5. The molecule has 3 aromatic carbocycles. The van der Waals surface area contributed by atoms with E-state index in [9.17, 15) is 4.79 Å². The Kier molecular flexibility index (Phi) is 9.76. The van der Waals surface area contributed by atoms with Crippen molar-refractivity contribution in [1.29, 1.82) is 0 Å². The number of esters is 1. The van der Waals surface area contributed by atoms with Gasteiger partial charge in [0.15, 0.2) is 11.5 Å². The van der Waals surface area contributed by atoms with Crippen molar-refractivity contribution in [2.75, 3.05) is 17.7 Å². The molecule has 0 saturated heterocycles. The fourth-order valence-electron chi connectivity index (χ4n) is 4.61. The van der Waals surface area contributed by atoms with Crippen LogP contribution in [0, 0.1) is 0 Å². The van der Waals surface area contributed by atoms with Crippen molar-refractivity contribution >= 4 is 51.2 Å². The summed E-state index contributed by atoms with van der Waals surface area (Å²) in [5.41, 5.74) is 3.57. The normalized spacial score (nSPS) is 14.3. The lowest BCUT2D eigenvalue weighted by Crippen LogP contribution is -2.29. The molecule has 1 aliphatic rings. The van der Waals surface area contributed by atoms with Gasteiger partial charge in [-0.25, -0.2) is 9.48 Å². The van der Waals surface area contributed by atoms with Gasteiger partial charge in [-0.1, -0.05) is 78.8 Å². The number of carbonyl (C=O) groups excluding carboxylic acids is 1. The number of anilines is 1. The van der Waals surface area contributed by atoms with Crippen LogP contribution in [0.4, 0.5) is 5.95 Å². The van der Waals surface area contributed by atoms with Crippen LogP contribution < -0.4 is 14.8 Å². The first-order chi connectivity index (χ1) is 20.4. The van der Waals surface area contributed by atoms with Crippen LogP contribution in [0.1, 0.15) is 43.5 Å². The Bertz CT molecular complexity index is 1610. The number of allylic oxidation sites excluding steroid dienone is 1. The lowest BCUT2D eigenvalue weighted by atomic mass is 9.95. The Morgan fingerprint density at radius 1 is 1.07 bits per heavy atom. The number of fused-ring (bicyclic) bond motifs is 1. The first-order valence-corrected chi connectivity index (χ1v) is 15.7. The lowest BCUT2D eigenvalue weighted by molar-refractivity contribution is -0.140. The monoisotopic (exact) mass is 668 g/mol. The van der Waals surface area contributed by atoms with Gasteiger partial charge in [-0.15, -0.1) is 5.10 Å². The minimum absolute atomic E-state index is 0.146. The third-order valence-electron chi connectivity index (χ3n) is 6.52. The van der Waals surface area contributed by atoms with Crippen LogP contribution >= 0.6 is 39.3 Å². The zero-order valence-corrected chi connectivity index (χ0v) is 26.6. The molecule has 1 atom stereocenters. The molecule has 0 radical (unpaired) electrons. The number of hydrogen-bond donors (Lipinski definition) is 1. The number of carbonyl (C=O) groups is 1. The van der Waals surface area contributed by atoms with E-state index in [4.69, 9.17) is 30.9 Å². The summed E-state index contributed by atoms with van der Waals surface area (Å²) in [6, 6.07) is 20.3. The van der Waals surface area contributed by atoms with Crippen LogP contribution in [-0.4, -0.2) is 33.1 Å². The number of halogens is 2. The molecule has 8 nitrogen and oxygen atoms in total. The third-order valence-corrected chi connectivity index (χ3v) is 8.19. The summed E-state index contributed by atoms with van der Waals surface area (Å²) < 4.78 is 20.4. The largest absolute Gasteiger partial charge is 0.490 e. The summed E-state index contributed by atoms with van der Waals surface area (Å²) >= 11 is 11.6.